The second kappa shape index (κ2) is 4.30. The van der Waals surface area contributed by atoms with Crippen LogP contribution in [0, 0.1) is 0 Å². The van der Waals surface area contributed by atoms with Crippen LogP contribution in [0.3, 0.4) is 0 Å². The van der Waals surface area contributed by atoms with Crippen LogP contribution in [0.5, 0.6) is 11.5 Å². The number of hydrogen-bond donors (Lipinski definition) is 1. The number of ether oxygens (including phenoxy) is 2. The lowest BCUT2D eigenvalue weighted by Crippen LogP contribution is -2.09. The minimum Gasteiger partial charge on any atom is -0.490 e. The van der Waals surface area contributed by atoms with E-state index in [1.54, 1.807) is 0 Å². The Hall–Kier alpha value is -1.42. The summed E-state index contributed by atoms with van der Waals surface area (Å²) in [6, 6.07) is 0. The van der Waals surface area contributed by atoms with E-state index in [1.807, 2.05) is 13.8 Å². The second-order valence-electron chi connectivity index (χ2n) is 5.24. The molecular formula is C14H15ClO4. The maximum Gasteiger partial charge on any atom is 0.307 e. The predicted molar refractivity (Wildman–Crippen MR) is 70.4 cm³/mol. The number of rotatable bonds is 2. The van der Waals surface area contributed by atoms with Crippen LogP contribution in [0.2, 0.25) is 5.02 Å². The van der Waals surface area contributed by atoms with Gasteiger partial charge in [0.25, 0.3) is 0 Å². The Labute approximate surface area is 116 Å². The van der Waals surface area contributed by atoms with Crippen molar-refractivity contribution in [3.05, 3.63) is 21.7 Å². The molecule has 2 heterocycles. The van der Waals surface area contributed by atoms with Crippen LogP contribution in [0.1, 0.15) is 30.5 Å². The lowest BCUT2D eigenvalue weighted by molar-refractivity contribution is -0.136. The van der Waals surface area contributed by atoms with Crippen molar-refractivity contribution < 1.29 is 19.4 Å². The topological polar surface area (TPSA) is 55.8 Å². The number of hydrogen-bond acceptors (Lipinski definition) is 3. The van der Waals surface area contributed by atoms with Crippen molar-refractivity contribution in [2.75, 3.05) is 0 Å². The molecule has 0 bridgehead atoms. The van der Waals surface area contributed by atoms with Gasteiger partial charge >= 0.3 is 5.97 Å². The molecule has 0 spiro atoms. The minimum absolute atomic E-state index is 0.0278. The third-order valence-corrected chi connectivity index (χ3v) is 4.00. The van der Waals surface area contributed by atoms with E-state index >= 15 is 0 Å². The largest absolute Gasteiger partial charge is 0.490 e. The Kier molecular flexibility index (Phi) is 2.86. The Morgan fingerprint density at radius 2 is 1.79 bits per heavy atom. The molecule has 0 saturated carbocycles. The molecule has 19 heavy (non-hydrogen) atoms. The number of fused-ring (bicyclic) bond motifs is 2. The monoisotopic (exact) mass is 282 g/mol. The number of carboxylic acid groups (broad SMARTS) is 1. The normalized spacial score (nSPS) is 23.5. The van der Waals surface area contributed by atoms with Gasteiger partial charge in [-0.3, -0.25) is 4.79 Å². The standard InChI is InChI=1S/C14H15ClO4/c1-6-3-8-9(5-11(16)17)13-10(4-7(2)18-13)12(15)14(8)19-6/h6-7H,3-5H2,1-2H3,(H,16,17). The van der Waals surface area contributed by atoms with Gasteiger partial charge in [0.2, 0.25) is 0 Å². The zero-order valence-electron chi connectivity index (χ0n) is 10.8. The lowest BCUT2D eigenvalue weighted by atomic mass is 9.96. The second-order valence-corrected chi connectivity index (χ2v) is 5.62. The quantitative estimate of drug-likeness (QED) is 0.906. The van der Waals surface area contributed by atoms with E-state index in [9.17, 15) is 4.79 Å². The highest BCUT2D eigenvalue weighted by Gasteiger charge is 2.35. The number of benzene rings is 1. The molecule has 1 aromatic carbocycles. The van der Waals surface area contributed by atoms with Crippen LogP contribution in [-0.4, -0.2) is 23.3 Å². The zero-order valence-corrected chi connectivity index (χ0v) is 11.6. The van der Waals surface area contributed by atoms with Crippen LogP contribution in [-0.2, 0) is 24.1 Å². The van der Waals surface area contributed by atoms with Gasteiger partial charge < -0.3 is 14.6 Å². The van der Waals surface area contributed by atoms with Crippen molar-refractivity contribution in [2.45, 2.75) is 45.3 Å². The Morgan fingerprint density at radius 3 is 2.42 bits per heavy atom. The Bertz CT molecular complexity index is 528. The summed E-state index contributed by atoms with van der Waals surface area (Å²) >= 11 is 6.39. The molecule has 0 aromatic heterocycles. The first-order chi connectivity index (χ1) is 8.97. The van der Waals surface area contributed by atoms with Crippen LogP contribution in [0.25, 0.3) is 0 Å². The van der Waals surface area contributed by atoms with Crippen LogP contribution >= 0.6 is 11.6 Å². The average molecular weight is 283 g/mol. The van der Waals surface area contributed by atoms with Crippen molar-refractivity contribution in [1.29, 1.82) is 0 Å². The Balaban J connectivity index is 2.20. The van der Waals surface area contributed by atoms with E-state index < -0.39 is 5.97 Å². The van der Waals surface area contributed by atoms with E-state index in [4.69, 9.17) is 26.2 Å². The van der Waals surface area contributed by atoms with Crippen molar-refractivity contribution in [3.8, 4) is 11.5 Å². The van der Waals surface area contributed by atoms with Crippen molar-refractivity contribution >= 4 is 17.6 Å². The number of halogens is 1. The summed E-state index contributed by atoms with van der Waals surface area (Å²) in [5.41, 5.74) is 2.52. The molecule has 2 atom stereocenters. The van der Waals surface area contributed by atoms with Gasteiger partial charge in [-0.2, -0.15) is 0 Å². The number of carboxylic acids is 1. The van der Waals surface area contributed by atoms with Crippen molar-refractivity contribution in [1.82, 2.24) is 0 Å². The zero-order chi connectivity index (χ0) is 13.7. The maximum absolute atomic E-state index is 11.1. The van der Waals surface area contributed by atoms with Gasteiger partial charge in [-0.25, -0.2) is 0 Å². The van der Waals surface area contributed by atoms with E-state index in [1.165, 1.54) is 0 Å². The summed E-state index contributed by atoms with van der Waals surface area (Å²) in [5.74, 6) is 0.452. The van der Waals surface area contributed by atoms with Gasteiger partial charge in [-0.1, -0.05) is 11.6 Å². The highest BCUT2D eigenvalue weighted by molar-refractivity contribution is 6.33. The van der Waals surface area contributed by atoms with Gasteiger partial charge in [0, 0.05) is 29.5 Å². The summed E-state index contributed by atoms with van der Waals surface area (Å²) in [6.45, 7) is 3.91. The molecule has 0 radical (unpaired) electrons. The van der Waals surface area contributed by atoms with Crippen LogP contribution in [0.4, 0.5) is 0 Å². The summed E-state index contributed by atoms with van der Waals surface area (Å²) < 4.78 is 11.5. The van der Waals surface area contributed by atoms with Crippen LogP contribution in [0.15, 0.2) is 0 Å². The summed E-state index contributed by atoms with van der Waals surface area (Å²) in [6.07, 6.45) is 1.39. The fourth-order valence-corrected chi connectivity index (χ4v) is 3.21. The van der Waals surface area contributed by atoms with Gasteiger partial charge in [0.1, 0.15) is 23.7 Å². The summed E-state index contributed by atoms with van der Waals surface area (Å²) in [5, 5.41) is 9.69. The van der Waals surface area contributed by atoms with E-state index in [0.29, 0.717) is 29.4 Å². The minimum atomic E-state index is -0.866. The third kappa shape index (κ3) is 1.94. The van der Waals surface area contributed by atoms with Crippen LogP contribution < -0.4 is 9.47 Å². The smallest absolute Gasteiger partial charge is 0.307 e. The molecule has 0 fully saturated rings. The highest BCUT2D eigenvalue weighted by atomic mass is 35.5. The molecular weight excluding hydrogens is 268 g/mol. The highest BCUT2D eigenvalue weighted by Crippen LogP contribution is 2.49. The molecule has 3 rings (SSSR count). The molecule has 1 N–H and O–H groups in total. The van der Waals surface area contributed by atoms with Gasteiger partial charge in [-0.05, 0) is 13.8 Å². The molecule has 102 valence electrons. The first-order valence-corrected chi connectivity index (χ1v) is 6.76. The first kappa shape index (κ1) is 12.6. The molecule has 2 aliphatic rings. The molecule has 4 nitrogen and oxygen atoms in total. The van der Waals surface area contributed by atoms with Gasteiger partial charge in [0.05, 0.1) is 11.4 Å². The molecule has 1 aromatic rings. The van der Waals surface area contributed by atoms with E-state index in [0.717, 1.165) is 16.7 Å². The van der Waals surface area contributed by atoms with Crippen molar-refractivity contribution in [2.24, 2.45) is 0 Å². The lowest BCUT2D eigenvalue weighted by Gasteiger charge is -2.13. The van der Waals surface area contributed by atoms with Crippen molar-refractivity contribution in [3.63, 3.8) is 0 Å². The summed E-state index contributed by atoms with van der Waals surface area (Å²) in [7, 11) is 0. The van der Waals surface area contributed by atoms with E-state index in [-0.39, 0.29) is 18.6 Å². The predicted octanol–water partition coefficient (Wildman–Crippen LogP) is 2.61. The molecule has 5 heteroatoms. The first-order valence-electron chi connectivity index (χ1n) is 6.38. The molecule has 2 aliphatic heterocycles. The average Bonchev–Trinajstić information content (AvgIpc) is 2.87. The number of carbonyl (C=O) groups is 1. The third-order valence-electron chi connectivity index (χ3n) is 3.60. The van der Waals surface area contributed by atoms with Gasteiger partial charge in [-0.15, -0.1) is 0 Å². The fourth-order valence-electron chi connectivity index (χ4n) is 2.89. The Morgan fingerprint density at radius 1 is 1.21 bits per heavy atom. The van der Waals surface area contributed by atoms with E-state index in [2.05, 4.69) is 0 Å². The maximum atomic E-state index is 11.1. The van der Waals surface area contributed by atoms with Gasteiger partial charge in [0.15, 0.2) is 0 Å². The molecule has 2 unspecified atom stereocenters. The summed E-state index contributed by atoms with van der Waals surface area (Å²) in [4.78, 5) is 11.1. The molecule has 0 saturated heterocycles. The fraction of sp³-hybridized carbons (Fsp3) is 0.500. The molecule has 0 amide bonds. The SMILES string of the molecule is CC1Cc2c(CC(=O)O)c3c(c(Cl)c2O1)CC(C)O3. The number of aliphatic carboxylic acids is 1. The molecule has 0 aliphatic carbocycles.